The molecule has 7 rings (SSSR count). The van der Waals surface area contributed by atoms with Crippen molar-refractivity contribution in [2.24, 2.45) is 11.8 Å². The van der Waals surface area contributed by atoms with E-state index in [-0.39, 0.29) is 11.2 Å². The lowest BCUT2D eigenvalue weighted by atomic mass is 9.53. The van der Waals surface area contributed by atoms with Crippen LogP contribution in [0.4, 0.5) is 4.39 Å². The molecule has 0 saturated heterocycles. The number of benzene rings is 2. The van der Waals surface area contributed by atoms with Gasteiger partial charge in [0.2, 0.25) is 0 Å². The highest BCUT2D eigenvalue weighted by Crippen LogP contribution is 2.64. The predicted molar refractivity (Wildman–Crippen MR) is 132 cm³/mol. The monoisotopic (exact) mass is 455 g/mol. The molecule has 1 aliphatic heterocycles. The summed E-state index contributed by atoms with van der Waals surface area (Å²) in [7, 11) is 0. The highest BCUT2D eigenvalue weighted by molar-refractivity contribution is 5.43. The van der Waals surface area contributed by atoms with Gasteiger partial charge < -0.3 is 0 Å². The van der Waals surface area contributed by atoms with Crippen LogP contribution >= 0.6 is 0 Å². The standard InChI is InChI=1S/C30H34FN3/c1-30-14-13-22-21-8-4-10-27(31)23(21)11-12-25(22)28(30)24(26-16-32-33-29(26)30)9-5-15-34-17-19-6-2-3-7-20(19)18-34/h2-4,6-8,10,16,22,24-25,28H,5,9,11-15,17-18H2,1H3,(H,32,33)/t22?,24-,25?,28?,30+/m1/s1. The number of fused-ring (bicyclic) bond motifs is 8. The van der Waals surface area contributed by atoms with Gasteiger partial charge in [-0.3, -0.25) is 10.00 Å². The Morgan fingerprint density at radius 1 is 1.06 bits per heavy atom. The average molecular weight is 456 g/mol. The number of nitrogens with one attached hydrogen (secondary N) is 1. The summed E-state index contributed by atoms with van der Waals surface area (Å²) in [6, 6.07) is 14.7. The third-order valence-electron chi connectivity index (χ3n) is 9.91. The quantitative estimate of drug-likeness (QED) is 0.490. The maximum atomic E-state index is 14.6. The number of halogens is 1. The van der Waals surface area contributed by atoms with Crippen LogP contribution in [0.15, 0.2) is 48.7 Å². The Kier molecular flexibility index (Phi) is 4.77. The van der Waals surface area contributed by atoms with Gasteiger partial charge in [-0.2, -0.15) is 5.10 Å². The molecule has 1 N–H and O–H groups in total. The van der Waals surface area contributed by atoms with Crippen molar-refractivity contribution in [3.05, 3.63) is 88.0 Å². The molecule has 3 unspecified atom stereocenters. The van der Waals surface area contributed by atoms with Gasteiger partial charge in [-0.1, -0.05) is 43.3 Å². The topological polar surface area (TPSA) is 31.9 Å². The lowest BCUT2D eigenvalue weighted by Crippen LogP contribution is -2.44. The van der Waals surface area contributed by atoms with Gasteiger partial charge >= 0.3 is 0 Å². The first kappa shape index (κ1) is 20.9. The SMILES string of the molecule is C[C@]12CCC3c4cccc(F)c4CCC3C1[C@H](CCCN1Cc3ccccc3C1)c1c[nH]nc12. The minimum atomic E-state index is 0.00650. The van der Waals surface area contributed by atoms with E-state index in [1.807, 2.05) is 6.07 Å². The number of nitrogens with zero attached hydrogens (tertiary/aromatic N) is 2. The summed E-state index contributed by atoms with van der Waals surface area (Å²) in [6.45, 7) is 5.81. The Morgan fingerprint density at radius 3 is 2.71 bits per heavy atom. The van der Waals surface area contributed by atoms with Gasteiger partial charge in [0.25, 0.3) is 0 Å². The Labute approximate surface area is 201 Å². The molecule has 34 heavy (non-hydrogen) atoms. The smallest absolute Gasteiger partial charge is 0.126 e. The zero-order chi connectivity index (χ0) is 22.9. The molecule has 1 fully saturated rings. The second-order valence-electron chi connectivity index (χ2n) is 11.5. The summed E-state index contributed by atoms with van der Waals surface area (Å²) >= 11 is 0. The van der Waals surface area contributed by atoms with Crippen LogP contribution in [0.5, 0.6) is 0 Å². The van der Waals surface area contributed by atoms with Gasteiger partial charge in [0, 0.05) is 24.7 Å². The molecule has 2 heterocycles. The normalized spacial score (nSPS) is 31.5. The Morgan fingerprint density at radius 2 is 1.88 bits per heavy atom. The summed E-state index contributed by atoms with van der Waals surface area (Å²) in [4.78, 5) is 2.61. The van der Waals surface area contributed by atoms with E-state index in [4.69, 9.17) is 5.10 Å². The van der Waals surface area contributed by atoms with Crippen molar-refractivity contribution in [2.45, 2.75) is 75.8 Å². The largest absolute Gasteiger partial charge is 0.295 e. The summed E-state index contributed by atoms with van der Waals surface area (Å²) in [5.41, 5.74) is 8.25. The minimum Gasteiger partial charge on any atom is -0.295 e. The lowest BCUT2D eigenvalue weighted by Gasteiger charge is -2.50. The first-order valence-corrected chi connectivity index (χ1v) is 13.2. The summed E-state index contributed by atoms with van der Waals surface area (Å²) in [5.74, 6) is 2.31. The Bertz CT molecular complexity index is 1210. The van der Waals surface area contributed by atoms with E-state index in [2.05, 4.69) is 53.5 Å². The van der Waals surface area contributed by atoms with E-state index in [1.54, 1.807) is 6.07 Å². The molecule has 0 radical (unpaired) electrons. The fourth-order valence-corrected chi connectivity index (χ4v) is 8.51. The number of aromatic nitrogens is 2. The van der Waals surface area contributed by atoms with E-state index in [1.165, 1.54) is 40.8 Å². The zero-order valence-corrected chi connectivity index (χ0v) is 20.1. The number of aromatic amines is 1. The average Bonchev–Trinajstić information content (AvgIpc) is 3.54. The zero-order valence-electron chi connectivity index (χ0n) is 20.1. The van der Waals surface area contributed by atoms with Crippen molar-refractivity contribution in [1.82, 2.24) is 15.1 Å². The molecule has 1 saturated carbocycles. The maximum absolute atomic E-state index is 14.6. The van der Waals surface area contributed by atoms with Crippen LogP contribution in [-0.2, 0) is 24.9 Å². The van der Waals surface area contributed by atoms with Gasteiger partial charge in [0.1, 0.15) is 5.82 Å². The molecule has 176 valence electrons. The number of H-pyrrole nitrogens is 1. The fraction of sp³-hybridized carbons (Fsp3) is 0.500. The summed E-state index contributed by atoms with van der Waals surface area (Å²) in [5, 5.41) is 8.03. The Balaban J connectivity index is 1.14. The van der Waals surface area contributed by atoms with Crippen molar-refractivity contribution in [2.75, 3.05) is 6.54 Å². The molecule has 3 nitrogen and oxygen atoms in total. The molecule has 1 aromatic heterocycles. The first-order valence-electron chi connectivity index (χ1n) is 13.2. The van der Waals surface area contributed by atoms with E-state index in [9.17, 15) is 4.39 Å². The van der Waals surface area contributed by atoms with E-state index < -0.39 is 0 Å². The molecule has 4 heteroatoms. The van der Waals surface area contributed by atoms with Crippen molar-refractivity contribution in [1.29, 1.82) is 0 Å². The molecule has 2 aromatic carbocycles. The maximum Gasteiger partial charge on any atom is 0.126 e. The fourth-order valence-electron chi connectivity index (χ4n) is 8.51. The Hall–Kier alpha value is -2.46. The molecule has 0 spiro atoms. The minimum absolute atomic E-state index is 0.00650. The molecule has 3 aliphatic carbocycles. The van der Waals surface area contributed by atoms with Gasteiger partial charge in [0.15, 0.2) is 0 Å². The van der Waals surface area contributed by atoms with Gasteiger partial charge in [-0.25, -0.2) is 4.39 Å². The van der Waals surface area contributed by atoms with Gasteiger partial charge in [-0.05, 0) is 103 Å². The third kappa shape index (κ3) is 3.00. The second-order valence-corrected chi connectivity index (χ2v) is 11.5. The lowest BCUT2D eigenvalue weighted by molar-refractivity contribution is 0.0783. The van der Waals surface area contributed by atoms with Crippen molar-refractivity contribution in [3.63, 3.8) is 0 Å². The number of hydrogen-bond donors (Lipinski definition) is 1. The van der Waals surface area contributed by atoms with Crippen molar-refractivity contribution >= 4 is 0 Å². The molecule has 3 aromatic rings. The van der Waals surface area contributed by atoms with Crippen LogP contribution in [-0.4, -0.2) is 21.6 Å². The molecule has 0 bridgehead atoms. The van der Waals surface area contributed by atoms with Crippen LogP contribution in [0.2, 0.25) is 0 Å². The second kappa shape index (κ2) is 7.78. The van der Waals surface area contributed by atoms with Crippen LogP contribution in [0.1, 0.15) is 84.4 Å². The molecular formula is C30H34FN3. The van der Waals surface area contributed by atoms with E-state index in [0.717, 1.165) is 50.9 Å². The summed E-state index contributed by atoms with van der Waals surface area (Å²) < 4.78 is 14.6. The van der Waals surface area contributed by atoms with Crippen LogP contribution in [0.3, 0.4) is 0 Å². The van der Waals surface area contributed by atoms with Crippen molar-refractivity contribution < 1.29 is 4.39 Å². The summed E-state index contributed by atoms with van der Waals surface area (Å²) in [6.07, 6.45) is 8.95. The molecule has 4 aliphatic rings. The highest BCUT2D eigenvalue weighted by atomic mass is 19.1. The predicted octanol–water partition coefficient (Wildman–Crippen LogP) is 6.46. The molecule has 0 amide bonds. The van der Waals surface area contributed by atoms with Crippen LogP contribution in [0.25, 0.3) is 0 Å². The molecule has 5 atom stereocenters. The third-order valence-corrected chi connectivity index (χ3v) is 9.91. The van der Waals surface area contributed by atoms with E-state index >= 15 is 0 Å². The first-order chi connectivity index (χ1) is 16.6. The van der Waals surface area contributed by atoms with Gasteiger partial charge in [0.05, 0.1) is 5.69 Å². The highest BCUT2D eigenvalue weighted by Gasteiger charge is 2.58. The van der Waals surface area contributed by atoms with E-state index in [0.29, 0.717) is 23.7 Å². The van der Waals surface area contributed by atoms with Gasteiger partial charge in [-0.15, -0.1) is 0 Å². The number of rotatable bonds is 4. The molecular weight excluding hydrogens is 421 g/mol. The van der Waals surface area contributed by atoms with Crippen LogP contribution in [0, 0.1) is 17.7 Å². The van der Waals surface area contributed by atoms with Crippen molar-refractivity contribution in [3.8, 4) is 0 Å². The van der Waals surface area contributed by atoms with Crippen LogP contribution < -0.4 is 0 Å². The number of hydrogen-bond acceptors (Lipinski definition) is 2.